The number of nitrogens with two attached hydrogens (primary N) is 1. The van der Waals surface area contributed by atoms with Crippen molar-refractivity contribution in [1.82, 2.24) is 5.32 Å². The van der Waals surface area contributed by atoms with E-state index < -0.39 is 26.3 Å². The van der Waals surface area contributed by atoms with Gasteiger partial charge in [0, 0.05) is 18.1 Å². The van der Waals surface area contributed by atoms with Gasteiger partial charge in [0.25, 0.3) is 20.2 Å². The fourth-order valence-electron chi connectivity index (χ4n) is 3.88. The Morgan fingerprint density at radius 1 is 0.767 bits per heavy atom. The topological polar surface area (TPSA) is 167 Å². The van der Waals surface area contributed by atoms with Crippen molar-refractivity contribution in [2.75, 3.05) is 6.54 Å². The first-order valence-corrected chi connectivity index (χ1v) is 17.1. The second kappa shape index (κ2) is 18.2. The van der Waals surface area contributed by atoms with Crippen LogP contribution in [0.4, 0.5) is 0 Å². The lowest BCUT2D eigenvalue weighted by molar-refractivity contribution is 0.129. The van der Waals surface area contributed by atoms with Crippen molar-refractivity contribution in [3.8, 4) is 0 Å². The molecule has 0 fully saturated rings. The monoisotopic (exact) mass is 636 g/mol. The molecule has 0 unspecified atom stereocenters. The molecule has 0 bridgehead atoms. The minimum Gasteiger partial charge on any atom is -0.390 e. The summed E-state index contributed by atoms with van der Waals surface area (Å²) in [6.45, 7) is 10.8. The predicted molar refractivity (Wildman–Crippen MR) is 172 cm³/mol. The third-order valence-corrected chi connectivity index (χ3v) is 8.38. The van der Waals surface area contributed by atoms with E-state index in [9.17, 15) is 21.9 Å². The van der Waals surface area contributed by atoms with E-state index in [0.29, 0.717) is 13.0 Å². The van der Waals surface area contributed by atoms with Crippen molar-refractivity contribution in [1.29, 1.82) is 0 Å². The van der Waals surface area contributed by atoms with Crippen molar-refractivity contribution in [3.63, 3.8) is 0 Å². The Hall–Kier alpha value is -2.64. The second-order valence-electron chi connectivity index (χ2n) is 11.2. The van der Waals surface area contributed by atoms with Crippen molar-refractivity contribution in [3.05, 3.63) is 95.6 Å². The van der Waals surface area contributed by atoms with Crippen LogP contribution in [0.25, 0.3) is 0 Å². The highest BCUT2D eigenvalue weighted by Crippen LogP contribution is 2.14. The Morgan fingerprint density at radius 2 is 1.21 bits per heavy atom. The van der Waals surface area contributed by atoms with Gasteiger partial charge in [0.2, 0.25) is 0 Å². The van der Waals surface area contributed by atoms with Gasteiger partial charge in [-0.1, -0.05) is 91.9 Å². The number of aryl methyl sites for hydroxylation is 2. The molecule has 0 aliphatic heterocycles. The van der Waals surface area contributed by atoms with Crippen molar-refractivity contribution in [2.24, 2.45) is 5.73 Å². The van der Waals surface area contributed by atoms with E-state index in [0.717, 1.165) is 17.5 Å². The minimum atomic E-state index is -4.02. The third-order valence-electron chi connectivity index (χ3n) is 6.64. The third kappa shape index (κ3) is 16.7. The standard InChI is InChI=1S/C18H32N2O.2C7H8O3S/c1-4-5-9-12-18(2,3)20-14-17(21)16(19)13-15-10-7-6-8-11-15;2*1-6-2-4-7(5-3-6)11(8,9)10/h6-8,10-11,16-17,20-21H,4-5,9,12-14,19H2,1-3H3;2*2-5H,1H3,(H,8,9,10)/t16-,17+;;/m0../s1. The summed E-state index contributed by atoms with van der Waals surface area (Å²) in [7, 11) is -8.04. The lowest BCUT2D eigenvalue weighted by atomic mass is 9.95. The van der Waals surface area contributed by atoms with Crippen LogP contribution in [0.5, 0.6) is 0 Å². The molecule has 0 aliphatic carbocycles. The highest BCUT2D eigenvalue weighted by atomic mass is 32.2. The lowest BCUT2D eigenvalue weighted by Gasteiger charge is -2.29. The summed E-state index contributed by atoms with van der Waals surface area (Å²) in [6.07, 6.45) is 5.04. The maximum atomic E-state index is 10.5. The maximum absolute atomic E-state index is 10.5. The zero-order valence-corrected chi connectivity index (χ0v) is 27.4. The number of unbranched alkanes of at least 4 members (excludes halogenated alkanes) is 2. The molecule has 0 aromatic heterocycles. The van der Waals surface area contributed by atoms with Crippen LogP contribution in [0.1, 0.15) is 63.1 Å². The summed E-state index contributed by atoms with van der Waals surface area (Å²) in [4.78, 5) is -0.133. The van der Waals surface area contributed by atoms with Crippen molar-refractivity contribution < 1.29 is 31.0 Å². The van der Waals surface area contributed by atoms with E-state index in [1.807, 2.05) is 32.0 Å². The Kier molecular flexibility index (Phi) is 16.3. The molecule has 3 aromatic carbocycles. The van der Waals surface area contributed by atoms with E-state index in [2.05, 4.69) is 38.2 Å². The number of hydrogen-bond donors (Lipinski definition) is 5. The average molecular weight is 637 g/mol. The fraction of sp³-hybridized carbons (Fsp3) is 0.438. The maximum Gasteiger partial charge on any atom is 0.294 e. The first-order valence-electron chi connectivity index (χ1n) is 14.3. The Morgan fingerprint density at radius 3 is 1.60 bits per heavy atom. The summed E-state index contributed by atoms with van der Waals surface area (Å²) in [5.74, 6) is 0. The van der Waals surface area contributed by atoms with Crippen LogP contribution in [0.3, 0.4) is 0 Å². The van der Waals surface area contributed by atoms with Gasteiger partial charge in [-0.05, 0) is 70.4 Å². The molecular weight excluding hydrogens is 588 g/mol. The molecule has 11 heteroatoms. The molecule has 3 aromatic rings. The molecule has 0 amide bonds. The zero-order chi connectivity index (χ0) is 32.7. The highest BCUT2D eigenvalue weighted by molar-refractivity contribution is 7.86. The Balaban J connectivity index is 0.000000353. The van der Waals surface area contributed by atoms with Gasteiger partial charge in [-0.2, -0.15) is 16.8 Å². The summed E-state index contributed by atoms with van der Waals surface area (Å²) in [5.41, 5.74) is 9.25. The molecule has 9 nitrogen and oxygen atoms in total. The molecule has 43 heavy (non-hydrogen) atoms. The smallest absolute Gasteiger partial charge is 0.294 e. The van der Waals surface area contributed by atoms with Gasteiger partial charge in [0.15, 0.2) is 0 Å². The van der Waals surface area contributed by atoms with Crippen LogP contribution in [-0.4, -0.2) is 55.3 Å². The first-order chi connectivity index (χ1) is 19.9. The van der Waals surface area contributed by atoms with E-state index in [4.69, 9.17) is 14.8 Å². The number of nitrogens with one attached hydrogen (secondary N) is 1. The molecule has 2 atom stereocenters. The molecular formula is C32H48N2O7S2. The number of aliphatic hydroxyl groups excluding tert-OH is 1. The summed E-state index contributed by atoms with van der Waals surface area (Å²) >= 11 is 0. The van der Waals surface area contributed by atoms with E-state index in [1.54, 1.807) is 24.3 Å². The average Bonchev–Trinajstić information content (AvgIpc) is 2.92. The molecule has 0 aliphatic rings. The van der Waals surface area contributed by atoms with Gasteiger partial charge in [0.1, 0.15) is 0 Å². The van der Waals surface area contributed by atoms with Gasteiger partial charge in [-0.25, -0.2) is 0 Å². The SMILES string of the molecule is CCCCCC(C)(C)NC[C@@H](O)[C@@H](N)Cc1ccccc1.Cc1ccc(S(=O)(=O)O)cc1.Cc1ccc(S(=O)(=O)O)cc1. The molecule has 0 saturated heterocycles. The quantitative estimate of drug-likeness (QED) is 0.130. The first kappa shape index (κ1) is 38.4. The van der Waals surface area contributed by atoms with Gasteiger partial charge >= 0.3 is 0 Å². The number of benzene rings is 3. The van der Waals surface area contributed by atoms with E-state index in [1.165, 1.54) is 49.1 Å². The predicted octanol–water partition coefficient (Wildman–Crippen LogP) is 5.35. The summed E-state index contributed by atoms with van der Waals surface area (Å²) in [6, 6.07) is 21.8. The molecule has 0 heterocycles. The Labute approximate surface area is 258 Å². The summed E-state index contributed by atoms with van der Waals surface area (Å²) in [5, 5.41) is 13.7. The van der Waals surface area contributed by atoms with Crippen LogP contribution in [0.2, 0.25) is 0 Å². The van der Waals surface area contributed by atoms with Gasteiger partial charge in [-0.3, -0.25) is 9.11 Å². The lowest BCUT2D eigenvalue weighted by Crippen LogP contribution is -2.49. The molecule has 0 spiro atoms. The zero-order valence-electron chi connectivity index (χ0n) is 25.8. The van der Waals surface area contributed by atoms with E-state index >= 15 is 0 Å². The van der Waals surface area contributed by atoms with Crippen LogP contribution < -0.4 is 11.1 Å². The van der Waals surface area contributed by atoms with Gasteiger partial charge in [-0.15, -0.1) is 0 Å². The number of hydrogen-bond acceptors (Lipinski definition) is 7. The molecule has 0 saturated carbocycles. The van der Waals surface area contributed by atoms with Gasteiger partial charge < -0.3 is 16.2 Å². The van der Waals surface area contributed by atoms with Crippen LogP contribution >= 0.6 is 0 Å². The summed E-state index contributed by atoms with van der Waals surface area (Å²) < 4.78 is 59.1. The van der Waals surface area contributed by atoms with Crippen molar-refractivity contribution >= 4 is 20.2 Å². The minimum absolute atomic E-state index is 0.0582. The number of aliphatic hydroxyl groups is 1. The normalized spacial score (nSPS) is 13.1. The fourth-order valence-corrected chi connectivity index (χ4v) is 4.84. The largest absolute Gasteiger partial charge is 0.390 e. The van der Waals surface area contributed by atoms with Gasteiger partial charge in [0.05, 0.1) is 15.9 Å². The molecule has 0 radical (unpaired) electrons. The van der Waals surface area contributed by atoms with Crippen molar-refractivity contribution in [2.45, 2.75) is 94.2 Å². The number of rotatable bonds is 12. The molecule has 3 rings (SSSR count). The highest BCUT2D eigenvalue weighted by Gasteiger charge is 2.21. The number of β-amino-alcohol motifs (C(OH)–C–C–N with tert-alkyl or cyclic N) is 1. The second-order valence-corrected chi connectivity index (χ2v) is 14.1. The van der Waals surface area contributed by atoms with Crippen LogP contribution in [0.15, 0.2) is 88.7 Å². The van der Waals surface area contributed by atoms with E-state index in [-0.39, 0.29) is 21.4 Å². The molecule has 240 valence electrons. The van der Waals surface area contributed by atoms with Crippen LogP contribution in [-0.2, 0) is 26.7 Å². The Bertz CT molecular complexity index is 1340. The molecule has 6 N–H and O–H groups in total. The van der Waals surface area contributed by atoms with Crippen LogP contribution in [0, 0.1) is 13.8 Å².